The van der Waals surface area contributed by atoms with Crippen molar-refractivity contribution >= 4 is 5.91 Å². The molecule has 0 aromatic rings. The molecule has 16 heavy (non-hydrogen) atoms. The van der Waals surface area contributed by atoms with E-state index in [-0.39, 0.29) is 12.5 Å². The minimum atomic E-state index is 0.169. The molecule has 1 saturated carbocycles. The van der Waals surface area contributed by atoms with E-state index in [4.69, 9.17) is 5.26 Å². The molecule has 90 valence electrons. The molecule has 0 radical (unpaired) electrons. The van der Waals surface area contributed by atoms with Gasteiger partial charge in [0.05, 0.1) is 6.07 Å². The molecule has 1 aliphatic rings. The first-order valence-corrected chi connectivity index (χ1v) is 6.31. The summed E-state index contributed by atoms with van der Waals surface area (Å²) >= 11 is 0. The first-order chi connectivity index (χ1) is 7.65. The molecule has 0 aliphatic heterocycles. The van der Waals surface area contributed by atoms with Crippen LogP contribution in [0.3, 0.4) is 0 Å². The molecule has 3 heteroatoms. The molecular formula is C13H22N2O. The number of amides is 1. The average molecular weight is 222 g/mol. The number of nitriles is 1. The first-order valence-electron chi connectivity index (χ1n) is 6.31. The van der Waals surface area contributed by atoms with E-state index in [1.54, 1.807) is 4.90 Å². The lowest BCUT2D eigenvalue weighted by Gasteiger charge is -2.26. The largest absolute Gasteiger partial charge is 0.326 e. The molecule has 0 aromatic heterocycles. The maximum Gasteiger partial charge on any atom is 0.223 e. The van der Waals surface area contributed by atoms with E-state index in [1.807, 2.05) is 0 Å². The van der Waals surface area contributed by atoms with Gasteiger partial charge in [-0.25, -0.2) is 0 Å². The lowest BCUT2D eigenvalue weighted by molar-refractivity contribution is -0.133. The van der Waals surface area contributed by atoms with E-state index in [9.17, 15) is 4.79 Å². The molecule has 1 rings (SSSR count). The summed E-state index contributed by atoms with van der Waals surface area (Å²) in [6.45, 7) is 4.51. The standard InChI is InChI=1S/C13H22N2O/c1-11(2)7-8-13(16)15(10-9-14)12-5-3-4-6-12/h11-12H,3-8,10H2,1-2H3. The van der Waals surface area contributed by atoms with Crippen LogP contribution in [0.1, 0.15) is 52.4 Å². The molecule has 0 aromatic carbocycles. The third-order valence-corrected chi connectivity index (χ3v) is 3.26. The van der Waals surface area contributed by atoms with Crippen molar-refractivity contribution in [2.75, 3.05) is 6.54 Å². The Balaban J connectivity index is 2.48. The van der Waals surface area contributed by atoms with Gasteiger partial charge in [-0.1, -0.05) is 26.7 Å². The molecule has 1 amide bonds. The Morgan fingerprint density at radius 3 is 2.56 bits per heavy atom. The molecule has 0 atom stereocenters. The Hall–Kier alpha value is -1.04. The summed E-state index contributed by atoms with van der Waals surface area (Å²) < 4.78 is 0. The van der Waals surface area contributed by atoms with Crippen molar-refractivity contribution in [2.24, 2.45) is 5.92 Å². The Morgan fingerprint density at radius 2 is 2.06 bits per heavy atom. The fourth-order valence-electron chi connectivity index (χ4n) is 2.27. The van der Waals surface area contributed by atoms with Crippen LogP contribution in [0.25, 0.3) is 0 Å². The lowest BCUT2D eigenvalue weighted by Crippen LogP contribution is -2.39. The van der Waals surface area contributed by atoms with Crippen molar-refractivity contribution in [3.8, 4) is 6.07 Å². The number of carbonyl (C=O) groups excluding carboxylic acids is 1. The van der Waals surface area contributed by atoms with Gasteiger partial charge in [-0.05, 0) is 25.2 Å². The minimum absolute atomic E-state index is 0.169. The van der Waals surface area contributed by atoms with Crippen molar-refractivity contribution in [3.63, 3.8) is 0 Å². The monoisotopic (exact) mass is 222 g/mol. The van der Waals surface area contributed by atoms with Gasteiger partial charge in [0.2, 0.25) is 5.91 Å². The van der Waals surface area contributed by atoms with Gasteiger partial charge >= 0.3 is 0 Å². The van der Waals surface area contributed by atoms with Crippen LogP contribution in [-0.4, -0.2) is 23.4 Å². The van der Waals surface area contributed by atoms with Crippen LogP contribution < -0.4 is 0 Å². The van der Waals surface area contributed by atoms with Crippen LogP contribution in [0.2, 0.25) is 0 Å². The van der Waals surface area contributed by atoms with Crippen molar-refractivity contribution in [1.82, 2.24) is 4.90 Å². The van der Waals surface area contributed by atoms with Gasteiger partial charge in [0.1, 0.15) is 6.54 Å². The Labute approximate surface area is 98.4 Å². The normalized spacial score (nSPS) is 16.4. The van der Waals surface area contributed by atoms with E-state index < -0.39 is 0 Å². The summed E-state index contributed by atoms with van der Waals surface area (Å²) in [4.78, 5) is 13.8. The third-order valence-electron chi connectivity index (χ3n) is 3.26. The predicted molar refractivity (Wildman–Crippen MR) is 63.7 cm³/mol. The molecule has 1 aliphatic carbocycles. The Morgan fingerprint density at radius 1 is 1.44 bits per heavy atom. The highest BCUT2D eigenvalue weighted by molar-refractivity contribution is 5.76. The number of carbonyl (C=O) groups is 1. The van der Waals surface area contributed by atoms with Crippen molar-refractivity contribution in [1.29, 1.82) is 5.26 Å². The quantitative estimate of drug-likeness (QED) is 0.671. The highest BCUT2D eigenvalue weighted by Crippen LogP contribution is 2.24. The number of nitrogens with zero attached hydrogens (tertiary/aromatic N) is 2. The van der Waals surface area contributed by atoms with Crippen molar-refractivity contribution in [3.05, 3.63) is 0 Å². The maximum atomic E-state index is 12.0. The topological polar surface area (TPSA) is 44.1 Å². The van der Waals surface area contributed by atoms with Crippen LogP contribution in [-0.2, 0) is 4.79 Å². The number of hydrogen-bond donors (Lipinski definition) is 0. The van der Waals surface area contributed by atoms with Crippen LogP contribution >= 0.6 is 0 Å². The fraction of sp³-hybridized carbons (Fsp3) is 0.846. The summed E-state index contributed by atoms with van der Waals surface area (Å²) in [5, 5.41) is 8.78. The van der Waals surface area contributed by atoms with Crippen molar-refractivity contribution in [2.45, 2.75) is 58.4 Å². The molecule has 0 saturated heterocycles. The maximum absolute atomic E-state index is 12.0. The van der Waals surface area contributed by atoms with Crippen LogP contribution in [0.4, 0.5) is 0 Å². The van der Waals surface area contributed by atoms with Gasteiger partial charge in [-0.15, -0.1) is 0 Å². The Kier molecular flexibility index (Phi) is 5.31. The second-order valence-corrected chi connectivity index (χ2v) is 5.05. The summed E-state index contributed by atoms with van der Waals surface area (Å²) in [5.41, 5.74) is 0. The van der Waals surface area contributed by atoms with Crippen LogP contribution in [0.5, 0.6) is 0 Å². The Bertz CT molecular complexity index is 262. The molecule has 1 fully saturated rings. The third kappa shape index (κ3) is 3.84. The molecule has 0 unspecified atom stereocenters. The van der Waals surface area contributed by atoms with E-state index in [0.717, 1.165) is 19.3 Å². The van der Waals surface area contributed by atoms with E-state index in [1.165, 1.54) is 12.8 Å². The van der Waals surface area contributed by atoms with E-state index in [0.29, 0.717) is 18.4 Å². The van der Waals surface area contributed by atoms with Gasteiger partial charge in [0.25, 0.3) is 0 Å². The number of rotatable bonds is 5. The molecule has 0 heterocycles. The van der Waals surface area contributed by atoms with E-state index in [2.05, 4.69) is 19.9 Å². The molecular weight excluding hydrogens is 200 g/mol. The predicted octanol–water partition coefficient (Wildman–Crippen LogP) is 2.72. The summed E-state index contributed by atoms with van der Waals surface area (Å²) in [6.07, 6.45) is 6.07. The zero-order valence-electron chi connectivity index (χ0n) is 10.4. The minimum Gasteiger partial charge on any atom is -0.326 e. The first kappa shape index (κ1) is 13.0. The van der Waals surface area contributed by atoms with Gasteiger partial charge in [-0.3, -0.25) is 4.79 Å². The molecule has 3 nitrogen and oxygen atoms in total. The molecule has 0 N–H and O–H groups in total. The highest BCUT2D eigenvalue weighted by atomic mass is 16.2. The second kappa shape index (κ2) is 6.52. The highest BCUT2D eigenvalue weighted by Gasteiger charge is 2.25. The number of hydrogen-bond acceptors (Lipinski definition) is 2. The summed E-state index contributed by atoms with van der Waals surface area (Å²) in [5.74, 6) is 0.721. The van der Waals surface area contributed by atoms with Gasteiger partial charge in [0, 0.05) is 12.5 Å². The van der Waals surface area contributed by atoms with E-state index >= 15 is 0 Å². The molecule has 0 bridgehead atoms. The zero-order valence-corrected chi connectivity index (χ0v) is 10.4. The van der Waals surface area contributed by atoms with Gasteiger partial charge in [-0.2, -0.15) is 5.26 Å². The zero-order chi connectivity index (χ0) is 12.0. The summed E-state index contributed by atoms with van der Waals surface area (Å²) in [6, 6.07) is 2.45. The van der Waals surface area contributed by atoms with Gasteiger partial charge in [0.15, 0.2) is 0 Å². The van der Waals surface area contributed by atoms with Crippen LogP contribution in [0.15, 0.2) is 0 Å². The fourth-order valence-corrected chi connectivity index (χ4v) is 2.27. The smallest absolute Gasteiger partial charge is 0.223 e. The summed E-state index contributed by atoms with van der Waals surface area (Å²) in [7, 11) is 0. The van der Waals surface area contributed by atoms with Crippen LogP contribution in [0, 0.1) is 17.2 Å². The SMILES string of the molecule is CC(C)CCC(=O)N(CC#N)C1CCCC1. The molecule has 0 spiro atoms. The average Bonchev–Trinajstić information content (AvgIpc) is 2.75. The van der Waals surface area contributed by atoms with Gasteiger partial charge < -0.3 is 4.90 Å². The second-order valence-electron chi connectivity index (χ2n) is 5.05. The van der Waals surface area contributed by atoms with Crippen molar-refractivity contribution < 1.29 is 4.79 Å². The lowest BCUT2D eigenvalue weighted by atomic mass is 10.1.